The molecule has 0 aromatic heterocycles. The Morgan fingerprint density at radius 1 is 1.50 bits per heavy atom. The minimum absolute atomic E-state index is 0.262. The Morgan fingerprint density at radius 2 is 2.25 bits per heavy atom. The first-order valence-electron chi connectivity index (χ1n) is 4.22. The molecule has 0 bridgehead atoms. The maximum absolute atomic E-state index is 12.9. The third kappa shape index (κ3) is 1.57. The SMILES string of the molecule is NC1C(F)=CC=CC1OC1CC1. The van der Waals surface area contributed by atoms with Gasteiger partial charge in [0.15, 0.2) is 0 Å². The maximum atomic E-state index is 12.9. The fraction of sp³-hybridized carbons (Fsp3) is 0.556. The smallest absolute Gasteiger partial charge is 0.120 e. The van der Waals surface area contributed by atoms with Crippen LogP contribution in [0.15, 0.2) is 24.1 Å². The predicted octanol–water partition coefficient (Wildman–Crippen LogP) is 1.28. The van der Waals surface area contributed by atoms with Gasteiger partial charge in [0.1, 0.15) is 5.83 Å². The Labute approximate surface area is 70.9 Å². The van der Waals surface area contributed by atoms with Crippen LogP contribution in [0.25, 0.3) is 0 Å². The first-order chi connectivity index (χ1) is 5.77. The van der Waals surface area contributed by atoms with Crippen molar-refractivity contribution in [2.45, 2.75) is 31.1 Å². The number of halogens is 1. The highest BCUT2D eigenvalue weighted by atomic mass is 19.1. The molecule has 3 heteroatoms. The average Bonchev–Trinajstić information content (AvgIpc) is 2.83. The summed E-state index contributed by atoms with van der Waals surface area (Å²) in [6, 6.07) is -0.601. The third-order valence-electron chi connectivity index (χ3n) is 2.10. The molecule has 1 fully saturated rings. The maximum Gasteiger partial charge on any atom is 0.120 e. The molecule has 0 aliphatic heterocycles. The molecule has 1 saturated carbocycles. The van der Waals surface area contributed by atoms with Crippen LogP contribution in [0, 0.1) is 0 Å². The molecule has 2 aliphatic carbocycles. The topological polar surface area (TPSA) is 35.2 Å². The van der Waals surface area contributed by atoms with E-state index in [2.05, 4.69) is 0 Å². The van der Waals surface area contributed by atoms with E-state index in [-0.39, 0.29) is 11.9 Å². The number of nitrogens with two attached hydrogens (primary N) is 1. The van der Waals surface area contributed by atoms with Crippen LogP contribution in [0.3, 0.4) is 0 Å². The predicted molar refractivity (Wildman–Crippen MR) is 44.2 cm³/mol. The number of rotatable bonds is 2. The lowest BCUT2D eigenvalue weighted by atomic mass is 10.1. The normalized spacial score (nSPS) is 35.0. The Balaban J connectivity index is 1.97. The zero-order valence-electron chi connectivity index (χ0n) is 6.74. The summed E-state index contributed by atoms with van der Waals surface area (Å²) < 4.78 is 18.4. The highest BCUT2D eigenvalue weighted by molar-refractivity contribution is 5.22. The quantitative estimate of drug-likeness (QED) is 0.676. The number of allylic oxidation sites excluding steroid dienone is 2. The van der Waals surface area contributed by atoms with Crippen LogP contribution in [0.5, 0.6) is 0 Å². The van der Waals surface area contributed by atoms with E-state index in [0.29, 0.717) is 6.10 Å². The lowest BCUT2D eigenvalue weighted by Gasteiger charge is -2.22. The van der Waals surface area contributed by atoms with Crippen LogP contribution in [-0.4, -0.2) is 18.2 Å². The Hall–Kier alpha value is -0.670. The van der Waals surface area contributed by atoms with Gasteiger partial charge in [-0.15, -0.1) is 0 Å². The van der Waals surface area contributed by atoms with E-state index in [1.165, 1.54) is 6.08 Å². The van der Waals surface area contributed by atoms with Gasteiger partial charge in [0.2, 0.25) is 0 Å². The second-order valence-electron chi connectivity index (χ2n) is 3.26. The molecule has 0 saturated heterocycles. The summed E-state index contributed by atoms with van der Waals surface area (Å²) in [5, 5.41) is 0. The molecule has 0 aromatic carbocycles. The first kappa shape index (κ1) is 7.95. The molecule has 2 unspecified atom stereocenters. The van der Waals surface area contributed by atoms with Crippen molar-refractivity contribution in [2.75, 3.05) is 0 Å². The molecule has 0 radical (unpaired) electrons. The van der Waals surface area contributed by atoms with Crippen LogP contribution in [0.1, 0.15) is 12.8 Å². The van der Waals surface area contributed by atoms with Crippen molar-refractivity contribution in [3.8, 4) is 0 Å². The number of hydrogen-bond donors (Lipinski definition) is 1. The molecular weight excluding hydrogens is 157 g/mol. The lowest BCUT2D eigenvalue weighted by molar-refractivity contribution is 0.0562. The summed E-state index contributed by atoms with van der Waals surface area (Å²) in [7, 11) is 0. The van der Waals surface area contributed by atoms with Crippen molar-refractivity contribution >= 4 is 0 Å². The fourth-order valence-corrected chi connectivity index (χ4v) is 1.20. The van der Waals surface area contributed by atoms with Gasteiger partial charge in [-0.25, -0.2) is 4.39 Å². The molecule has 2 rings (SSSR count). The van der Waals surface area contributed by atoms with Crippen LogP contribution in [-0.2, 0) is 4.74 Å². The Morgan fingerprint density at radius 3 is 2.92 bits per heavy atom. The van der Waals surface area contributed by atoms with Crippen LogP contribution < -0.4 is 5.73 Å². The van der Waals surface area contributed by atoms with Gasteiger partial charge in [-0.05, 0) is 18.9 Å². The highest BCUT2D eigenvalue weighted by Gasteiger charge is 2.30. The van der Waals surface area contributed by atoms with E-state index in [1.807, 2.05) is 6.08 Å². The van der Waals surface area contributed by atoms with Gasteiger partial charge in [-0.3, -0.25) is 0 Å². The van der Waals surface area contributed by atoms with E-state index in [0.717, 1.165) is 12.8 Å². The molecule has 2 atom stereocenters. The van der Waals surface area contributed by atoms with Gasteiger partial charge in [-0.2, -0.15) is 0 Å². The van der Waals surface area contributed by atoms with Crippen molar-refractivity contribution in [3.63, 3.8) is 0 Å². The van der Waals surface area contributed by atoms with Crippen LogP contribution >= 0.6 is 0 Å². The summed E-state index contributed by atoms with van der Waals surface area (Å²) in [6.45, 7) is 0. The number of ether oxygens (including phenoxy) is 1. The molecule has 0 heterocycles. The summed E-state index contributed by atoms with van der Waals surface area (Å²) in [5.74, 6) is -0.289. The van der Waals surface area contributed by atoms with Gasteiger partial charge in [-0.1, -0.05) is 12.2 Å². The minimum Gasteiger partial charge on any atom is -0.369 e. The van der Waals surface area contributed by atoms with Gasteiger partial charge in [0, 0.05) is 0 Å². The van der Waals surface area contributed by atoms with Gasteiger partial charge < -0.3 is 10.5 Å². The van der Waals surface area contributed by atoms with Crippen LogP contribution in [0.4, 0.5) is 4.39 Å². The third-order valence-corrected chi connectivity index (χ3v) is 2.10. The van der Waals surface area contributed by atoms with E-state index in [4.69, 9.17) is 10.5 Å². The van der Waals surface area contributed by atoms with E-state index >= 15 is 0 Å². The highest BCUT2D eigenvalue weighted by Crippen LogP contribution is 2.28. The number of hydrogen-bond acceptors (Lipinski definition) is 2. The molecule has 0 amide bonds. The van der Waals surface area contributed by atoms with Gasteiger partial charge in [0.25, 0.3) is 0 Å². The van der Waals surface area contributed by atoms with Crippen LogP contribution in [0.2, 0.25) is 0 Å². The van der Waals surface area contributed by atoms with Crippen molar-refractivity contribution in [3.05, 3.63) is 24.1 Å². The van der Waals surface area contributed by atoms with Crippen molar-refractivity contribution in [1.29, 1.82) is 0 Å². The molecular formula is C9H12FNO. The van der Waals surface area contributed by atoms with Gasteiger partial charge >= 0.3 is 0 Å². The zero-order valence-corrected chi connectivity index (χ0v) is 6.74. The second-order valence-corrected chi connectivity index (χ2v) is 3.26. The lowest BCUT2D eigenvalue weighted by Crippen LogP contribution is -2.37. The molecule has 2 N–H and O–H groups in total. The molecule has 0 aromatic rings. The summed E-state index contributed by atoms with van der Waals surface area (Å²) in [4.78, 5) is 0. The second kappa shape index (κ2) is 2.99. The summed E-state index contributed by atoms with van der Waals surface area (Å²) >= 11 is 0. The Bertz CT molecular complexity index is 233. The van der Waals surface area contributed by atoms with Crippen molar-refractivity contribution in [2.24, 2.45) is 5.73 Å². The standard InChI is InChI=1S/C9H12FNO/c10-7-2-1-3-8(9(7)11)12-6-4-5-6/h1-3,6,8-9H,4-5,11H2. The molecule has 2 aliphatic rings. The largest absolute Gasteiger partial charge is 0.369 e. The summed E-state index contributed by atoms with van der Waals surface area (Å²) in [6.07, 6.45) is 7.08. The van der Waals surface area contributed by atoms with E-state index < -0.39 is 6.04 Å². The monoisotopic (exact) mass is 169 g/mol. The first-order valence-corrected chi connectivity index (χ1v) is 4.22. The van der Waals surface area contributed by atoms with E-state index in [1.54, 1.807) is 6.08 Å². The van der Waals surface area contributed by atoms with Gasteiger partial charge in [0.05, 0.1) is 18.2 Å². The molecule has 2 nitrogen and oxygen atoms in total. The fourth-order valence-electron chi connectivity index (χ4n) is 1.20. The Kier molecular flexibility index (Phi) is 1.98. The zero-order chi connectivity index (χ0) is 8.55. The summed E-state index contributed by atoms with van der Waals surface area (Å²) in [5.41, 5.74) is 5.58. The minimum atomic E-state index is -0.601. The molecule has 0 spiro atoms. The van der Waals surface area contributed by atoms with E-state index in [9.17, 15) is 4.39 Å². The molecule has 12 heavy (non-hydrogen) atoms. The van der Waals surface area contributed by atoms with Crippen molar-refractivity contribution in [1.82, 2.24) is 0 Å². The molecule has 66 valence electrons. The average molecular weight is 169 g/mol. The van der Waals surface area contributed by atoms with Crippen molar-refractivity contribution < 1.29 is 9.13 Å².